The minimum atomic E-state index is -1.12. The van der Waals surface area contributed by atoms with Gasteiger partial charge in [-0.15, -0.1) is 0 Å². The molecule has 0 amide bonds. The molecular formula is C28H35NO11. The lowest BCUT2D eigenvalue weighted by Gasteiger charge is -2.22. The van der Waals surface area contributed by atoms with Crippen molar-refractivity contribution < 1.29 is 52.3 Å². The van der Waals surface area contributed by atoms with E-state index in [0.29, 0.717) is 24.2 Å². The Kier molecular flexibility index (Phi) is 13.2. The molecule has 0 aromatic heterocycles. The normalized spacial score (nSPS) is 12.7. The van der Waals surface area contributed by atoms with Crippen LogP contribution in [0.4, 0.5) is 14.4 Å². The van der Waals surface area contributed by atoms with E-state index in [-0.39, 0.29) is 31.1 Å². The molecule has 0 saturated carbocycles. The Morgan fingerprint density at radius 3 is 1.90 bits per heavy atom. The summed E-state index contributed by atoms with van der Waals surface area (Å²) in [5, 5.41) is 0. The molecular weight excluding hydrogens is 526 g/mol. The Bertz CT molecular complexity index is 1120. The molecule has 0 aliphatic rings. The van der Waals surface area contributed by atoms with Crippen LogP contribution in [0, 0.1) is 0 Å². The van der Waals surface area contributed by atoms with Gasteiger partial charge < -0.3 is 38.9 Å². The minimum Gasteiger partial charge on any atom is -0.458 e. The van der Waals surface area contributed by atoms with Gasteiger partial charge in [0.2, 0.25) is 0 Å². The van der Waals surface area contributed by atoms with Crippen molar-refractivity contribution in [2.24, 2.45) is 5.73 Å². The molecule has 0 fully saturated rings. The molecule has 0 spiro atoms. The lowest BCUT2D eigenvalue weighted by Crippen LogP contribution is -2.39. The number of hydrogen-bond acceptors (Lipinski definition) is 12. The van der Waals surface area contributed by atoms with Gasteiger partial charge in [-0.25, -0.2) is 14.4 Å². The molecule has 2 aromatic carbocycles. The molecule has 0 aliphatic carbocycles. The Hall–Kier alpha value is -4.32. The summed E-state index contributed by atoms with van der Waals surface area (Å²) >= 11 is 0. The third-order valence-electron chi connectivity index (χ3n) is 5.19. The number of carbonyl (C=O) groups excluding carboxylic acids is 4. The summed E-state index contributed by atoms with van der Waals surface area (Å²) < 4.78 is 35.8. The van der Waals surface area contributed by atoms with Crippen LogP contribution < -0.4 is 19.9 Å². The summed E-state index contributed by atoms with van der Waals surface area (Å²) in [6.07, 6.45) is -3.42. The molecule has 40 heavy (non-hydrogen) atoms. The third kappa shape index (κ3) is 11.2. The van der Waals surface area contributed by atoms with E-state index in [1.165, 1.54) is 18.2 Å². The van der Waals surface area contributed by atoms with Crippen LogP contribution in [-0.4, -0.2) is 55.9 Å². The maximum absolute atomic E-state index is 12.6. The van der Waals surface area contributed by atoms with Gasteiger partial charge in [0.15, 0.2) is 11.5 Å². The van der Waals surface area contributed by atoms with Gasteiger partial charge in [0.05, 0.1) is 13.2 Å². The van der Waals surface area contributed by atoms with Crippen LogP contribution in [0.1, 0.15) is 46.1 Å². The summed E-state index contributed by atoms with van der Waals surface area (Å²) in [4.78, 5) is 48.6. The second kappa shape index (κ2) is 16.6. The van der Waals surface area contributed by atoms with E-state index in [2.05, 4.69) is 0 Å². The lowest BCUT2D eigenvalue weighted by atomic mass is 10.1. The van der Waals surface area contributed by atoms with Gasteiger partial charge in [-0.3, -0.25) is 4.79 Å². The lowest BCUT2D eigenvalue weighted by molar-refractivity contribution is -0.155. The maximum atomic E-state index is 12.6. The Balaban J connectivity index is 2.00. The summed E-state index contributed by atoms with van der Waals surface area (Å²) in [7, 11) is 0. The number of para-hydroxylation sites is 1. The second-order valence-electron chi connectivity index (χ2n) is 8.62. The van der Waals surface area contributed by atoms with Crippen molar-refractivity contribution in [1.29, 1.82) is 0 Å². The third-order valence-corrected chi connectivity index (χ3v) is 5.19. The van der Waals surface area contributed by atoms with Gasteiger partial charge >= 0.3 is 24.4 Å². The molecule has 2 rings (SSSR count). The van der Waals surface area contributed by atoms with E-state index in [9.17, 15) is 19.2 Å². The Morgan fingerprint density at radius 1 is 0.725 bits per heavy atom. The highest BCUT2D eigenvalue weighted by molar-refractivity contribution is 5.76. The number of ether oxygens (including phenoxy) is 7. The van der Waals surface area contributed by atoms with Crippen molar-refractivity contribution >= 4 is 24.4 Å². The molecule has 2 N–H and O–H groups in total. The van der Waals surface area contributed by atoms with Crippen molar-refractivity contribution in [1.82, 2.24) is 0 Å². The zero-order valence-electron chi connectivity index (χ0n) is 23.0. The number of benzene rings is 2. The van der Waals surface area contributed by atoms with Crippen LogP contribution in [0.2, 0.25) is 0 Å². The summed E-state index contributed by atoms with van der Waals surface area (Å²) in [6.45, 7) is 7.01. The van der Waals surface area contributed by atoms with Gasteiger partial charge in [0.1, 0.15) is 24.0 Å². The molecule has 3 atom stereocenters. The molecule has 0 unspecified atom stereocenters. The number of rotatable bonds is 13. The largest absolute Gasteiger partial charge is 0.514 e. The SMILES string of the molecule is CCCOC(=O)Oc1ccc(C[C@H](N)C(=O)O[C@@H](C)[C@H](C)OC(=O)Oc2ccccc2)cc1OC(=O)OCCC. The fraction of sp³-hybridized carbons (Fsp3) is 0.429. The molecule has 12 nitrogen and oxygen atoms in total. The van der Waals surface area contributed by atoms with E-state index < -0.39 is 42.7 Å². The monoisotopic (exact) mass is 561 g/mol. The highest BCUT2D eigenvalue weighted by atomic mass is 16.7. The summed E-state index contributed by atoms with van der Waals surface area (Å²) in [6, 6.07) is 11.5. The fourth-order valence-corrected chi connectivity index (χ4v) is 3.01. The highest BCUT2D eigenvalue weighted by Gasteiger charge is 2.25. The van der Waals surface area contributed by atoms with Crippen LogP contribution in [0.15, 0.2) is 48.5 Å². The van der Waals surface area contributed by atoms with E-state index in [1.54, 1.807) is 44.2 Å². The molecule has 218 valence electrons. The van der Waals surface area contributed by atoms with Crippen molar-refractivity contribution in [2.45, 2.75) is 65.2 Å². The molecule has 0 aliphatic heterocycles. The topological polar surface area (TPSA) is 159 Å². The minimum absolute atomic E-state index is 0.0161. The van der Waals surface area contributed by atoms with E-state index >= 15 is 0 Å². The van der Waals surface area contributed by atoms with E-state index in [1.807, 2.05) is 13.8 Å². The average molecular weight is 562 g/mol. The van der Waals surface area contributed by atoms with Crippen LogP contribution in [0.25, 0.3) is 0 Å². The number of esters is 1. The molecule has 2 aromatic rings. The summed E-state index contributed by atoms with van der Waals surface area (Å²) in [5.41, 5.74) is 6.52. The number of carbonyl (C=O) groups is 4. The smallest absolute Gasteiger partial charge is 0.458 e. The standard InChI is InChI=1S/C28H35NO11/c1-5-14-34-26(31)39-23-13-12-20(17-24(23)40-27(32)35-15-6-2)16-22(29)25(30)36-18(3)19(4)37-28(33)38-21-10-8-7-9-11-21/h7-13,17-19,22H,5-6,14-16,29H2,1-4H3/t18-,19-,22-/m0/s1. The van der Waals surface area contributed by atoms with Crippen molar-refractivity contribution in [2.75, 3.05) is 13.2 Å². The van der Waals surface area contributed by atoms with Gasteiger partial charge in [0.25, 0.3) is 0 Å². The Labute approximate surface area is 232 Å². The first kappa shape index (κ1) is 31.9. The van der Waals surface area contributed by atoms with Crippen LogP contribution in [-0.2, 0) is 30.2 Å². The summed E-state index contributed by atoms with van der Waals surface area (Å²) in [5.74, 6) is -0.661. The number of hydrogen-bond donors (Lipinski definition) is 1. The zero-order valence-corrected chi connectivity index (χ0v) is 23.0. The van der Waals surface area contributed by atoms with Crippen molar-refractivity contribution in [3.05, 3.63) is 54.1 Å². The maximum Gasteiger partial charge on any atom is 0.514 e. The molecule has 0 heterocycles. The van der Waals surface area contributed by atoms with Gasteiger partial charge in [-0.1, -0.05) is 38.1 Å². The predicted octanol–water partition coefficient (Wildman–Crippen LogP) is 4.94. The van der Waals surface area contributed by atoms with Crippen molar-refractivity contribution in [3.8, 4) is 17.2 Å². The predicted molar refractivity (Wildman–Crippen MR) is 141 cm³/mol. The highest BCUT2D eigenvalue weighted by Crippen LogP contribution is 2.30. The van der Waals surface area contributed by atoms with E-state index in [4.69, 9.17) is 38.9 Å². The Morgan fingerprint density at radius 2 is 1.30 bits per heavy atom. The van der Waals surface area contributed by atoms with Gasteiger partial charge in [-0.05, 0) is 62.9 Å². The van der Waals surface area contributed by atoms with Crippen LogP contribution in [0.3, 0.4) is 0 Å². The van der Waals surface area contributed by atoms with Crippen LogP contribution in [0.5, 0.6) is 17.2 Å². The molecule has 0 bridgehead atoms. The average Bonchev–Trinajstić information content (AvgIpc) is 2.92. The fourth-order valence-electron chi connectivity index (χ4n) is 3.01. The molecule has 0 radical (unpaired) electrons. The molecule has 0 saturated heterocycles. The van der Waals surface area contributed by atoms with E-state index in [0.717, 1.165) is 0 Å². The quantitative estimate of drug-likeness (QED) is 0.200. The number of nitrogens with two attached hydrogens (primary N) is 1. The van der Waals surface area contributed by atoms with Gasteiger partial charge in [0, 0.05) is 0 Å². The molecule has 12 heteroatoms. The zero-order chi connectivity index (χ0) is 29.5. The van der Waals surface area contributed by atoms with Gasteiger partial charge in [-0.2, -0.15) is 0 Å². The van der Waals surface area contributed by atoms with Crippen LogP contribution >= 0.6 is 0 Å². The first-order chi connectivity index (χ1) is 19.1. The van der Waals surface area contributed by atoms with Crippen molar-refractivity contribution in [3.63, 3.8) is 0 Å². The first-order valence-electron chi connectivity index (χ1n) is 12.8. The first-order valence-corrected chi connectivity index (χ1v) is 12.8. The second-order valence-corrected chi connectivity index (χ2v) is 8.62.